The monoisotopic (exact) mass is 109 g/mol. The van der Waals surface area contributed by atoms with E-state index in [-0.39, 0.29) is 6.61 Å². The van der Waals surface area contributed by atoms with Crippen LogP contribution in [0.1, 0.15) is 0 Å². The molecule has 0 aromatic rings. The standard InChI is InChI=1S/C2H4O3S/c1-2-5-6(3)4/h1-2H2/p+1. The van der Waals surface area contributed by atoms with E-state index in [1.165, 1.54) is 0 Å². The Morgan fingerprint density at radius 3 is 2.50 bits per heavy atom. The second-order valence-electron chi connectivity index (χ2n) is 0.539. The van der Waals surface area contributed by atoms with Gasteiger partial charge in [0.15, 0.2) is 0 Å². The van der Waals surface area contributed by atoms with E-state index in [0.717, 1.165) is 0 Å². The minimum Gasteiger partial charge on any atom is -0.284 e. The van der Waals surface area contributed by atoms with Crippen molar-refractivity contribution < 1.29 is 12.9 Å². The molecule has 0 saturated heterocycles. The lowest BCUT2D eigenvalue weighted by molar-refractivity contribution is 0.341. The van der Waals surface area contributed by atoms with Gasteiger partial charge in [0, 0.05) is 0 Å². The number of rotatable bonds is 2. The molecule has 0 amide bonds. The van der Waals surface area contributed by atoms with Crippen LogP contribution in [0.3, 0.4) is 0 Å². The largest absolute Gasteiger partial charge is 0.305 e. The Hall–Kier alpha value is -0.0600. The summed E-state index contributed by atoms with van der Waals surface area (Å²) in [4.78, 5) is 0. The van der Waals surface area contributed by atoms with Crippen molar-refractivity contribution in [2.75, 3.05) is 6.61 Å². The van der Waals surface area contributed by atoms with Gasteiger partial charge >= 0.3 is 11.4 Å². The average Bonchev–Trinajstić information content (AvgIpc) is 1.35. The molecule has 0 saturated carbocycles. The van der Waals surface area contributed by atoms with Crippen molar-refractivity contribution in [3.63, 3.8) is 0 Å². The van der Waals surface area contributed by atoms with Gasteiger partial charge in [0.05, 0.1) is 6.92 Å². The summed E-state index contributed by atoms with van der Waals surface area (Å²) in [6, 6.07) is 0. The zero-order valence-electron chi connectivity index (χ0n) is 3.09. The van der Waals surface area contributed by atoms with Gasteiger partial charge in [-0.3, -0.25) is 4.55 Å². The summed E-state index contributed by atoms with van der Waals surface area (Å²) in [7, 11) is 0. The molecule has 0 aromatic carbocycles. The zero-order chi connectivity index (χ0) is 4.99. The molecule has 0 aromatic heterocycles. The number of hydrogen-bond donors (Lipinski definition) is 1. The van der Waals surface area contributed by atoms with Gasteiger partial charge in [-0.2, -0.15) is 4.21 Å². The lowest BCUT2D eigenvalue weighted by Gasteiger charge is -1.79. The molecule has 1 atom stereocenters. The third-order valence-electron chi connectivity index (χ3n) is 0.184. The first kappa shape index (κ1) is 5.94. The molecule has 0 fully saturated rings. The van der Waals surface area contributed by atoms with E-state index in [4.69, 9.17) is 4.55 Å². The minimum atomic E-state index is -2.13. The molecule has 36 valence electrons. The first-order valence-electron chi connectivity index (χ1n) is 1.30. The molecule has 4 heteroatoms. The van der Waals surface area contributed by atoms with Crippen molar-refractivity contribution in [3.8, 4) is 0 Å². The molecule has 0 bridgehead atoms. The fourth-order valence-electron chi connectivity index (χ4n) is 0.0713. The Morgan fingerprint density at radius 1 is 2.00 bits per heavy atom. The highest BCUT2D eigenvalue weighted by molar-refractivity contribution is 7.74. The third kappa shape index (κ3) is 3.94. The predicted molar refractivity (Wildman–Crippen MR) is 22.1 cm³/mol. The predicted octanol–water partition coefficient (Wildman–Crippen LogP) is -0.0262. The lowest BCUT2D eigenvalue weighted by Crippen LogP contribution is -1.91. The van der Waals surface area contributed by atoms with Gasteiger partial charge in [-0.15, -0.1) is 0 Å². The maximum atomic E-state index is 9.45. The Kier molecular flexibility index (Phi) is 3.11. The molecular formula is C2H5O3S+. The van der Waals surface area contributed by atoms with E-state index in [9.17, 15) is 4.21 Å². The van der Waals surface area contributed by atoms with E-state index in [2.05, 4.69) is 11.1 Å². The van der Waals surface area contributed by atoms with Crippen molar-refractivity contribution in [2.45, 2.75) is 0 Å². The van der Waals surface area contributed by atoms with E-state index >= 15 is 0 Å². The van der Waals surface area contributed by atoms with Crippen molar-refractivity contribution >= 4 is 11.4 Å². The molecule has 0 heterocycles. The van der Waals surface area contributed by atoms with Crippen molar-refractivity contribution in [3.05, 3.63) is 6.92 Å². The van der Waals surface area contributed by atoms with Crippen LogP contribution >= 0.6 is 0 Å². The fraction of sp³-hybridized carbons (Fsp3) is 0.500. The molecule has 0 radical (unpaired) electrons. The van der Waals surface area contributed by atoms with Gasteiger partial charge in [-0.1, -0.05) is 0 Å². The normalized spacial score (nSPS) is 14.2. The van der Waals surface area contributed by atoms with Gasteiger partial charge in [0.25, 0.3) is 0 Å². The van der Waals surface area contributed by atoms with Gasteiger partial charge < -0.3 is 0 Å². The average molecular weight is 109 g/mol. The van der Waals surface area contributed by atoms with Gasteiger partial charge in [-0.25, -0.2) is 4.18 Å². The molecule has 0 spiro atoms. The van der Waals surface area contributed by atoms with Gasteiger partial charge in [0.2, 0.25) is 6.61 Å². The maximum Gasteiger partial charge on any atom is 0.305 e. The summed E-state index contributed by atoms with van der Waals surface area (Å²) < 4.78 is 21.2. The summed E-state index contributed by atoms with van der Waals surface area (Å²) in [6.45, 7) is 3.18. The Morgan fingerprint density at radius 2 is 2.50 bits per heavy atom. The van der Waals surface area contributed by atoms with E-state index in [0.29, 0.717) is 0 Å². The fourth-order valence-corrected chi connectivity index (χ4v) is 0.214. The summed E-state index contributed by atoms with van der Waals surface area (Å²) >= 11 is -2.13. The first-order valence-corrected chi connectivity index (χ1v) is 2.34. The van der Waals surface area contributed by atoms with Crippen LogP contribution in [0.5, 0.6) is 0 Å². The molecule has 3 nitrogen and oxygen atoms in total. The second kappa shape index (κ2) is 3.14. The van der Waals surface area contributed by atoms with Crippen LogP contribution in [0.25, 0.3) is 0 Å². The summed E-state index contributed by atoms with van der Waals surface area (Å²) in [5.41, 5.74) is 0. The third-order valence-corrected chi connectivity index (χ3v) is 0.552. The second-order valence-corrected chi connectivity index (χ2v) is 1.21. The maximum absolute atomic E-state index is 9.45. The molecule has 0 rings (SSSR count). The topological polar surface area (TPSA) is 46.5 Å². The first-order chi connectivity index (χ1) is 2.77. The van der Waals surface area contributed by atoms with E-state index in [1.807, 2.05) is 0 Å². The van der Waals surface area contributed by atoms with Crippen LogP contribution in [0.4, 0.5) is 0 Å². The molecule has 0 aliphatic heterocycles. The minimum absolute atomic E-state index is 0.0309. The zero-order valence-corrected chi connectivity index (χ0v) is 3.90. The highest BCUT2D eigenvalue weighted by Crippen LogP contribution is 1.72. The Bertz CT molecular complexity index is 52.8. The molecule has 1 N–H and O–H groups in total. The van der Waals surface area contributed by atoms with Gasteiger partial charge in [-0.05, 0) is 0 Å². The smallest absolute Gasteiger partial charge is 0.284 e. The van der Waals surface area contributed by atoms with Crippen LogP contribution in [0, 0.1) is 6.92 Å². The molecule has 0 aliphatic carbocycles. The van der Waals surface area contributed by atoms with Crippen molar-refractivity contribution in [1.82, 2.24) is 0 Å². The molecular weight excluding hydrogens is 104 g/mol. The Balaban J connectivity index is 2.83. The van der Waals surface area contributed by atoms with Gasteiger partial charge in [0.1, 0.15) is 0 Å². The van der Waals surface area contributed by atoms with Crippen LogP contribution in [0.2, 0.25) is 0 Å². The van der Waals surface area contributed by atoms with E-state index in [1.54, 1.807) is 0 Å². The van der Waals surface area contributed by atoms with Crippen LogP contribution in [-0.4, -0.2) is 15.4 Å². The van der Waals surface area contributed by atoms with E-state index < -0.39 is 11.4 Å². The number of hydrogen-bond acceptors (Lipinski definition) is 2. The highest BCUT2D eigenvalue weighted by atomic mass is 32.2. The molecule has 1 unspecified atom stereocenters. The quantitative estimate of drug-likeness (QED) is 0.400. The summed E-state index contributed by atoms with van der Waals surface area (Å²) in [5.74, 6) is 0. The van der Waals surface area contributed by atoms with Crippen LogP contribution < -0.4 is 0 Å². The van der Waals surface area contributed by atoms with Crippen molar-refractivity contribution in [1.29, 1.82) is 0 Å². The summed E-state index contributed by atoms with van der Waals surface area (Å²) in [5, 5.41) is 0. The van der Waals surface area contributed by atoms with Crippen LogP contribution in [-0.2, 0) is 15.5 Å². The van der Waals surface area contributed by atoms with Crippen LogP contribution in [0.15, 0.2) is 0 Å². The molecule has 0 aliphatic rings. The van der Waals surface area contributed by atoms with Crippen molar-refractivity contribution in [2.24, 2.45) is 0 Å². The molecule has 6 heavy (non-hydrogen) atoms. The highest BCUT2D eigenvalue weighted by Gasteiger charge is 1.87. The SMILES string of the molecule is [CH2+]COS(=O)O. The summed E-state index contributed by atoms with van der Waals surface area (Å²) in [6.07, 6.45) is 0. The Labute approximate surface area is 38.8 Å². The lowest BCUT2D eigenvalue weighted by atomic mass is 10.9.